The van der Waals surface area contributed by atoms with E-state index in [0.717, 1.165) is 33.8 Å². The fourth-order valence-electron chi connectivity index (χ4n) is 3.58. The number of aryl methyl sites for hydroxylation is 2. The molecule has 7 nitrogen and oxygen atoms in total. The third-order valence-corrected chi connectivity index (χ3v) is 7.18. The van der Waals surface area contributed by atoms with Crippen LogP contribution in [0.3, 0.4) is 0 Å². The van der Waals surface area contributed by atoms with Crippen molar-refractivity contribution in [3.05, 3.63) is 71.6 Å². The molecule has 3 aromatic rings. The van der Waals surface area contributed by atoms with Crippen LogP contribution in [-0.4, -0.2) is 48.9 Å². The van der Waals surface area contributed by atoms with E-state index >= 15 is 0 Å². The lowest BCUT2D eigenvalue weighted by atomic mass is 10.2. The molecule has 1 aliphatic rings. The summed E-state index contributed by atoms with van der Waals surface area (Å²) in [5.74, 6) is -0.335. The minimum absolute atomic E-state index is 0.0832. The van der Waals surface area contributed by atoms with Gasteiger partial charge in [-0.15, -0.1) is 0 Å². The van der Waals surface area contributed by atoms with Gasteiger partial charge in [-0.2, -0.15) is 4.31 Å². The molecule has 10 heteroatoms. The molecule has 0 aliphatic carbocycles. The van der Waals surface area contributed by atoms with Gasteiger partial charge in [0.1, 0.15) is 29.1 Å². The molecule has 0 radical (unpaired) electrons. The Morgan fingerprint density at radius 1 is 0.906 bits per heavy atom. The minimum atomic E-state index is -4.28. The third kappa shape index (κ3) is 4.56. The highest BCUT2D eigenvalue weighted by molar-refractivity contribution is 7.89. The highest BCUT2D eigenvalue weighted by atomic mass is 32.2. The molecular formula is C22H23F2N5O2S. The van der Waals surface area contributed by atoms with Gasteiger partial charge in [-0.05, 0) is 38.1 Å². The van der Waals surface area contributed by atoms with Gasteiger partial charge in [-0.25, -0.2) is 27.2 Å². The fourth-order valence-corrected chi connectivity index (χ4v) is 5.11. The van der Waals surface area contributed by atoms with Crippen LogP contribution in [0, 0.1) is 25.5 Å². The number of rotatable bonds is 5. The quantitative estimate of drug-likeness (QED) is 0.628. The predicted molar refractivity (Wildman–Crippen MR) is 119 cm³/mol. The van der Waals surface area contributed by atoms with Crippen LogP contribution in [0.1, 0.15) is 11.4 Å². The molecule has 168 valence electrons. The van der Waals surface area contributed by atoms with E-state index in [1.165, 1.54) is 0 Å². The van der Waals surface area contributed by atoms with Crippen LogP contribution in [0.5, 0.6) is 0 Å². The minimum Gasteiger partial charge on any atom is -0.354 e. The average molecular weight is 460 g/mol. The van der Waals surface area contributed by atoms with Gasteiger partial charge in [0.15, 0.2) is 4.90 Å². The van der Waals surface area contributed by atoms with Gasteiger partial charge < -0.3 is 10.2 Å². The summed E-state index contributed by atoms with van der Waals surface area (Å²) in [5, 5.41) is 3.25. The first-order chi connectivity index (χ1) is 15.2. The zero-order valence-electron chi connectivity index (χ0n) is 17.7. The summed E-state index contributed by atoms with van der Waals surface area (Å²) in [7, 11) is -4.28. The summed E-state index contributed by atoms with van der Waals surface area (Å²) in [6, 6.07) is 12.7. The number of hydrogen-bond donors (Lipinski definition) is 1. The summed E-state index contributed by atoms with van der Waals surface area (Å²) in [5.41, 5.74) is 2.04. The first kappa shape index (κ1) is 22.1. The third-order valence-electron chi connectivity index (χ3n) is 5.23. The molecule has 32 heavy (non-hydrogen) atoms. The number of anilines is 3. The van der Waals surface area contributed by atoms with E-state index in [2.05, 4.69) is 15.3 Å². The molecule has 1 fully saturated rings. The van der Waals surface area contributed by atoms with Gasteiger partial charge >= 0.3 is 0 Å². The van der Waals surface area contributed by atoms with Crippen molar-refractivity contribution in [2.75, 3.05) is 36.4 Å². The van der Waals surface area contributed by atoms with E-state index in [4.69, 9.17) is 0 Å². The Hall–Kier alpha value is -3.11. The Bertz CT molecular complexity index is 1210. The molecule has 4 rings (SSSR count). The molecule has 1 saturated heterocycles. The van der Waals surface area contributed by atoms with E-state index in [0.29, 0.717) is 30.5 Å². The summed E-state index contributed by atoms with van der Waals surface area (Å²) in [4.78, 5) is 9.92. The molecule has 0 spiro atoms. The van der Waals surface area contributed by atoms with Crippen molar-refractivity contribution in [3.63, 3.8) is 0 Å². The SMILES string of the molecule is Cc1ccc(Nc2cc(N3CCN(S(=O)(=O)c4c(F)cccc4F)CC3)nc(C)n2)cc1. The second-order valence-corrected chi connectivity index (χ2v) is 9.47. The molecule has 2 aromatic carbocycles. The zero-order valence-corrected chi connectivity index (χ0v) is 18.5. The Balaban J connectivity index is 1.49. The number of aromatic nitrogens is 2. The second kappa shape index (κ2) is 8.79. The van der Waals surface area contributed by atoms with E-state index in [-0.39, 0.29) is 13.1 Å². The first-order valence-electron chi connectivity index (χ1n) is 10.1. The maximum absolute atomic E-state index is 14.1. The van der Waals surface area contributed by atoms with Crippen molar-refractivity contribution < 1.29 is 17.2 Å². The Labute approximate surface area is 185 Å². The van der Waals surface area contributed by atoms with Gasteiger partial charge in [0, 0.05) is 37.9 Å². The summed E-state index contributed by atoms with van der Waals surface area (Å²) < 4.78 is 54.8. The standard InChI is InChI=1S/C22H23F2N5O2S/c1-15-6-8-17(9-7-15)27-20-14-21(26-16(2)25-20)28-10-12-29(13-11-28)32(30,31)22-18(23)4-3-5-19(22)24/h3-9,14H,10-13H2,1-2H3,(H,25,26,27). The number of nitrogens with zero attached hydrogens (tertiary/aromatic N) is 4. The molecule has 0 amide bonds. The van der Waals surface area contributed by atoms with Crippen LogP contribution in [0.25, 0.3) is 0 Å². The lowest BCUT2D eigenvalue weighted by molar-refractivity contribution is 0.377. The molecule has 0 bridgehead atoms. The molecule has 1 aromatic heterocycles. The largest absolute Gasteiger partial charge is 0.354 e. The fraction of sp³-hybridized carbons (Fsp3) is 0.273. The Kier molecular flexibility index (Phi) is 6.07. The van der Waals surface area contributed by atoms with E-state index in [1.807, 2.05) is 36.1 Å². The molecule has 1 aliphatic heterocycles. The molecule has 1 N–H and O–H groups in total. The summed E-state index contributed by atoms with van der Waals surface area (Å²) in [6.45, 7) is 4.62. The van der Waals surface area contributed by atoms with Gasteiger partial charge in [0.2, 0.25) is 10.0 Å². The molecule has 0 saturated carbocycles. The number of nitrogens with one attached hydrogen (secondary N) is 1. The van der Waals surface area contributed by atoms with Gasteiger partial charge in [0.25, 0.3) is 0 Å². The lowest BCUT2D eigenvalue weighted by Crippen LogP contribution is -2.49. The van der Waals surface area contributed by atoms with E-state index in [1.54, 1.807) is 13.0 Å². The maximum Gasteiger partial charge on any atom is 0.249 e. The van der Waals surface area contributed by atoms with Crippen LogP contribution in [-0.2, 0) is 10.0 Å². The molecular weight excluding hydrogens is 436 g/mol. The normalized spacial score (nSPS) is 15.1. The average Bonchev–Trinajstić information content (AvgIpc) is 2.75. The van der Waals surface area contributed by atoms with Crippen LogP contribution in [0.4, 0.5) is 26.1 Å². The summed E-state index contributed by atoms with van der Waals surface area (Å²) >= 11 is 0. The van der Waals surface area contributed by atoms with Gasteiger partial charge in [-0.3, -0.25) is 0 Å². The monoisotopic (exact) mass is 459 g/mol. The van der Waals surface area contributed by atoms with Crippen molar-refractivity contribution in [2.45, 2.75) is 18.7 Å². The van der Waals surface area contributed by atoms with Crippen molar-refractivity contribution in [1.82, 2.24) is 14.3 Å². The van der Waals surface area contributed by atoms with Gasteiger partial charge in [-0.1, -0.05) is 23.8 Å². The topological polar surface area (TPSA) is 78.4 Å². The van der Waals surface area contributed by atoms with Crippen LogP contribution in [0.15, 0.2) is 53.4 Å². The lowest BCUT2D eigenvalue weighted by Gasteiger charge is -2.34. The van der Waals surface area contributed by atoms with Crippen molar-refractivity contribution in [2.24, 2.45) is 0 Å². The Morgan fingerprint density at radius 3 is 2.16 bits per heavy atom. The van der Waals surface area contributed by atoms with Crippen LogP contribution in [0.2, 0.25) is 0 Å². The smallest absolute Gasteiger partial charge is 0.249 e. The maximum atomic E-state index is 14.1. The first-order valence-corrected chi connectivity index (χ1v) is 11.6. The highest BCUT2D eigenvalue weighted by Crippen LogP contribution is 2.26. The van der Waals surface area contributed by atoms with Crippen LogP contribution < -0.4 is 10.2 Å². The van der Waals surface area contributed by atoms with Crippen molar-refractivity contribution in [3.8, 4) is 0 Å². The molecule has 0 unspecified atom stereocenters. The second-order valence-electron chi connectivity index (χ2n) is 7.59. The number of benzene rings is 2. The number of sulfonamides is 1. The van der Waals surface area contributed by atoms with Crippen molar-refractivity contribution >= 4 is 27.3 Å². The number of halogens is 2. The number of hydrogen-bond acceptors (Lipinski definition) is 6. The molecule has 0 atom stereocenters. The summed E-state index contributed by atoms with van der Waals surface area (Å²) in [6.07, 6.45) is 0. The molecule has 2 heterocycles. The van der Waals surface area contributed by atoms with E-state index in [9.17, 15) is 17.2 Å². The predicted octanol–water partition coefficient (Wildman–Crippen LogP) is 3.63. The van der Waals surface area contributed by atoms with Crippen LogP contribution >= 0.6 is 0 Å². The van der Waals surface area contributed by atoms with Crippen molar-refractivity contribution in [1.29, 1.82) is 0 Å². The number of piperazine rings is 1. The zero-order chi connectivity index (χ0) is 22.9. The highest BCUT2D eigenvalue weighted by Gasteiger charge is 2.33. The van der Waals surface area contributed by atoms with E-state index < -0.39 is 26.6 Å². The Morgan fingerprint density at radius 2 is 1.53 bits per heavy atom. The van der Waals surface area contributed by atoms with Gasteiger partial charge in [0.05, 0.1) is 0 Å².